The lowest BCUT2D eigenvalue weighted by atomic mass is 10.0. The fourth-order valence-electron chi connectivity index (χ4n) is 2.51. The predicted molar refractivity (Wildman–Crippen MR) is 102 cm³/mol. The lowest BCUT2D eigenvalue weighted by molar-refractivity contribution is -0.141. The molecule has 0 aliphatic carbocycles. The highest BCUT2D eigenvalue weighted by molar-refractivity contribution is 5.91. The zero-order valence-corrected chi connectivity index (χ0v) is 16.7. The van der Waals surface area contributed by atoms with Crippen LogP contribution < -0.4 is 0 Å². The highest BCUT2D eigenvalue weighted by Gasteiger charge is 2.08. The van der Waals surface area contributed by atoms with Crippen molar-refractivity contribution in [2.75, 3.05) is 13.2 Å². The molecule has 0 radical (unpaired) electrons. The van der Waals surface area contributed by atoms with E-state index in [1.165, 1.54) is 19.3 Å². The second-order valence-corrected chi connectivity index (χ2v) is 7.14. The van der Waals surface area contributed by atoms with Gasteiger partial charge in [0.25, 0.3) is 0 Å². The second kappa shape index (κ2) is 16.2. The van der Waals surface area contributed by atoms with Gasteiger partial charge < -0.3 is 9.47 Å². The Morgan fingerprint density at radius 3 is 2.08 bits per heavy atom. The van der Waals surface area contributed by atoms with Crippen molar-refractivity contribution in [1.29, 1.82) is 0 Å². The molecule has 4 nitrogen and oxygen atoms in total. The maximum Gasteiger partial charge on any atom is 0.331 e. The molecule has 1 unspecified atom stereocenters. The van der Waals surface area contributed by atoms with Crippen LogP contribution in [0.1, 0.15) is 85.5 Å². The summed E-state index contributed by atoms with van der Waals surface area (Å²) in [6.07, 6.45) is 12.3. The molecule has 0 aliphatic rings. The Labute approximate surface area is 154 Å². The summed E-state index contributed by atoms with van der Waals surface area (Å²) in [6, 6.07) is 0. The highest BCUT2D eigenvalue weighted by atomic mass is 16.5. The summed E-state index contributed by atoms with van der Waals surface area (Å²) in [7, 11) is 0. The highest BCUT2D eigenvalue weighted by Crippen LogP contribution is 2.13. The summed E-state index contributed by atoms with van der Waals surface area (Å²) >= 11 is 0. The number of carbonyl (C=O) groups excluding carboxylic acids is 2. The van der Waals surface area contributed by atoms with Gasteiger partial charge in [-0.25, -0.2) is 9.59 Å². The summed E-state index contributed by atoms with van der Waals surface area (Å²) in [5, 5.41) is 0. The molecule has 146 valence electrons. The van der Waals surface area contributed by atoms with Gasteiger partial charge in [0.2, 0.25) is 0 Å². The number of rotatable bonds is 15. The third kappa shape index (κ3) is 15.9. The fraction of sp³-hybridized carbons (Fsp3) is 0.810. The molecular weight excluding hydrogens is 316 g/mol. The van der Waals surface area contributed by atoms with E-state index in [-0.39, 0.29) is 0 Å². The van der Waals surface area contributed by atoms with Crippen LogP contribution in [0.2, 0.25) is 0 Å². The third-order valence-corrected chi connectivity index (χ3v) is 4.28. The van der Waals surface area contributed by atoms with E-state index in [4.69, 9.17) is 9.47 Å². The fourth-order valence-corrected chi connectivity index (χ4v) is 2.51. The van der Waals surface area contributed by atoms with Gasteiger partial charge in [0.05, 0.1) is 13.2 Å². The lowest BCUT2D eigenvalue weighted by Gasteiger charge is -2.13. The number of unbranched alkanes of at least 4 members (excludes halogenated alkanes) is 4. The normalized spacial score (nSPS) is 12.5. The van der Waals surface area contributed by atoms with E-state index in [1.807, 2.05) is 0 Å². The number of esters is 2. The first-order chi connectivity index (χ1) is 12.0. The Balaban J connectivity index is 3.74. The van der Waals surface area contributed by atoms with E-state index in [9.17, 15) is 9.59 Å². The Morgan fingerprint density at radius 2 is 1.48 bits per heavy atom. The summed E-state index contributed by atoms with van der Waals surface area (Å²) in [4.78, 5) is 23.2. The molecule has 0 heterocycles. The Kier molecular flexibility index (Phi) is 15.3. The average molecular weight is 355 g/mol. The van der Waals surface area contributed by atoms with Crippen molar-refractivity contribution in [2.24, 2.45) is 11.8 Å². The van der Waals surface area contributed by atoms with Crippen molar-refractivity contribution in [3.8, 4) is 0 Å². The molecule has 0 fully saturated rings. The molecule has 25 heavy (non-hydrogen) atoms. The van der Waals surface area contributed by atoms with Crippen LogP contribution in [0.15, 0.2) is 12.2 Å². The van der Waals surface area contributed by atoms with E-state index in [0.717, 1.165) is 56.6 Å². The molecule has 4 heteroatoms. The number of hydrogen-bond donors (Lipinski definition) is 0. The maximum atomic E-state index is 11.6. The standard InChI is InChI=1S/C21H38O4/c1-5-7-13-19(6-2)17-25-21(23)15-14-20(22)24-16-11-9-8-10-12-18(3)4/h14-15,18-19H,5-13,16-17H2,1-4H3/b15-14-. The zero-order chi connectivity index (χ0) is 18.9. The number of hydrogen-bond acceptors (Lipinski definition) is 4. The predicted octanol–water partition coefficient (Wildman–Crippen LogP) is 5.45. The summed E-state index contributed by atoms with van der Waals surface area (Å²) in [6.45, 7) is 9.54. The van der Waals surface area contributed by atoms with Crippen molar-refractivity contribution in [1.82, 2.24) is 0 Å². The van der Waals surface area contributed by atoms with Crippen LogP contribution in [0.5, 0.6) is 0 Å². The van der Waals surface area contributed by atoms with Crippen molar-refractivity contribution in [3.05, 3.63) is 12.2 Å². The van der Waals surface area contributed by atoms with Crippen molar-refractivity contribution in [2.45, 2.75) is 85.5 Å². The maximum absolute atomic E-state index is 11.6. The van der Waals surface area contributed by atoms with E-state index in [0.29, 0.717) is 19.1 Å². The Bertz CT molecular complexity index is 374. The van der Waals surface area contributed by atoms with Crippen LogP contribution in [-0.2, 0) is 19.1 Å². The van der Waals surface area contributed by atoms with E-state index >= 15 is 0 Å². The van der Waals surface area contributed by atoms with Gasteiger partial charge in [0.15, 0.2) is 0 Å². The van der Waals surface area contributed by atoms with Gasteiger partial charge in [-0.1, -0.05) is 72.6 Å². The van der Waals surface area contributed by atoms with Crippen LogP contribution >= 0.6 is 0 Å². The zero-order valence-electron chi connectivity index (χ0n) is 16.7. The van der Waals surface area contributed by atoms with Gasteiger partial charge in [0.1, 0.15) is 0 Å². The minimum Gasteiger partial charge on any atom is -0.463 e. The largest absolute Gasteiger partial charge is 0.463 e. The minimum atomic E-state index is -0.475. The molecule has 0 aromatic carbocycles. The molecule has 0 aliphatic heterocycles. The summed E-state index contributed by atoms with van der Waals surface area (Å²) in [5.74, 6) is 0.208. The molecular formula is C21H38O4. The number of ether oxygens (including phenoxy) is 2. The topological polar surface area (TPSA) is 52.6 Å². The Morgan fingerprint density at radius 1 is 0.840 bits per heavy atom. The van der Waals surface area contributed by atoms with Crippen molar-refractivity contribution < 1.29 is 19.1 Å². The second-order valence-electron chi connectivity index (χ2n) is 7.14. The summed E-state index contributed by atoms with van der Waals surface area (Å²) in [5.41, 5.74) is 0. The van der Waals surface area contributed by atoms with Gasteiger partial charge >= 0.3 is 11.9 Å². The van der Waals surface area contributed by atoms with Crippen LogP contribution in [0.25, 0.3) is 0 Å². The SMILES string of the molecule is CCCCC(CC)COC(=O)/C=C\C(=O)OCCCCCCC(C)C. The first kappa shape index (κ1) is 23.7. The monoisotopic (exact) mass is 354 g/mol. The first-order valence-electron chi connectivity index (χ1n) is 10.0. The van der Waals surface area contributed by atoms with Crippen molar-refractivity contribution >= 4 is 11.9 Å². The third-order valence-electron chi connectivity index (χ3n) is 4.28. The van der Waals surface area contributed by atoms with E-state index < -0.39 is 11.9 Å². The van der Waals surface area contributed by atoms with E-state index in [2.05, 4.69) is 27.7 Å². The smallest absolute Gasteiger partial charge is 0.331 e. The van der Waals surface area contributed by atoms with E-state index in [1.54, 1.807) is 0 Å². The Hall–Kier alpha value is -1.32. The van der Waals surface area contributed by atoms with Gasteiger partial charge in [-0.05, 0) is 24.7 Å². The van der Waals surface area contributed by atoms with Gasteiger partial charge in [-0.3, -0.25) is 0 Å². The minimum absolute atomic E-state index is 0.403. The average Bonchev–Trinajstić information content (AvgIpc) is 2.59. The molecule has 0 saturated carbocycles. The molecule has 0 saturated heterocycles. The van der Waals surface area contributed by atoms with Crippen molar-refractivity contribution in [3.63, 3.8) is 0 Å². The van der Waals surface area contributed by atoms with Crippen LogP contribution in [0.4, 0.5) is 0 Å². The summed E-state index contributed by atoms with van der Waals surface area (Å²) < 4.78 is 10.3. The van der Waals surface area contributed by atoms with Crippen LogP contribution in [0, 0.1) is 11.8 Å². The van der Waals surface area contributed by atoms with Crippen LogP contribution in [-0.4, -0.2) is 25.2 Å². The molecule has 0 bridgehead atoms. The molecule has 0 rings (SSSR count). The molecule has 0 spiro atoms. The van der Waals surface area contributed by atoms with Crippen LogP contribution in [0.3, 0.4) is 0 Å². The van der Waals surface area contributed by atoms with Gasteiger partial charge in [-0.2, -0.15) is 0 Å². The van der Waals surface area contributed by atoms with Gasteiger partial charge in [-0.15, -0.1) is 0 Å². The molecule has 1 atom stereocenters. The molecule has 0 aromatic rings. The molecule has 0 amide bonds. The molecule has 0 N–H and O–H groups in total. The quantitative estimate of drug-likeness (QED) is 0.223. The first-order valence-corrected chi connectivity index (χ1v) is 10.0. The molecule has 0 aromatic heterocycles. The lowest BCUT2D eigenvalue weighted by Crippen LogP contribution is -2.12. The van der Waals surface area contributed by atoms with Gasteiger partial charge in [0, 0.05) is 12.2 Å². The number of carbonyl (C=O) groups is 2.